The third-order valence-corrected chi connectivity index (χ3v) is 3.86. The van der Waals surface area contributed by atoms with Crippen LogP contribution in [-0.4, -0.2) is 18.0 Å². The van der Waals surface area contributed by atoms with Gasteiger partial charge in [0.25, 0.3) is 0 Å². The van der Waals surface area contributed by atoms with Crippen molar-refractivity contribution in [2.45, 2.75) is 32.2 Å². The van der Waals surface area contributed by atoms with Crippen LogP contribution in [0.25, 0.3) is 0 Å². The molecule has 0 aromatic heterocycles. The average Bonchev–Trinajstić information content (AvgIpc) is 2.80. The summed E-state index contributed by atoms with van der Waals surface area (Å²) >= 11 is 0. The number of carbonyl (C=O) groups is 2. The zero-order valence-electron chi connectivity index (χ0n) is 10.3. The minimum absolute atomic E-state index is 0.0380. The maximum Gasteiger partial charge on any atom is 0.328 e. The summed E-state index contributed by atoms with van der Waals surface area (Å²) in [5, 5.41) is 2.94. The van der Waals surface area contributed by atoms with Crippen LogP contribution in [-0.2, 0) is 4.79 Å². The zero-order valence-corrected chi connectivity index (χ0v) is 10.3. The van der Waals surface area contributed by atoms with E-state index < -0.39 is 0 Å². The number of anilines is 1. The SMILES string of the molecule is Cc1ccc(N2C(=O)NC3CCCC3C2=O)cc1. The summed E-state index contributed by atoms with van der Waals surface area (Å²) < 4.78 is 0. The highest BCUT2D eigenvalue weighted by Gasteiger charge is 2.43. The first-order valence-corrected chi connectivity index (χ1v) is 6.38. The van der Waals surface area contributed by atoms with Crippen molar-refractivity contribution in [3.05, 3.63) is 29.8 Å². The molecular weight excluding hydrogens is 228 g/mol. The second-order valence-corrected chi connectivity index (χ2v) is 5.10. The molecule has 1 aliphatic carbocycles. The van der Waals surface area contributed by atoms with Gasteiger partial charge in [-0.15, -0.1) is 0 Å². The van der Waals surface area contributed by atoms with Crippen molar-refractivity contribution in [2.24, 2.45) is 5.92 Å². The largest absolute Gasteiger partial charge is 0.334 e. The second kappa shape index (κ2) is 4.12. The molecule has 1 heterocycles. The van der Waals surface area contributed by atoms with E-state index >= 15 is 0 Å². The van der Waals surface area contributed by atoms with E-state index in [-0.39, 0.29) is 23.9 Å². The Labute approximate surface area is 106 Å². The fourth-order valence-corrected chi connectivity index (χ4v) is 2.86. The molecule has 3 rings (SSSR count). The number of aryl methyl sites for hydroxylation is 1. The Morgan fingerprint density at radius 3 is 2.61 bits per heavy atom. The van der Waals surface area contributed by atoms with Crippen molar-refractivity contribution in [2.75, 3.05) is 4.90 Å². The van der Waals surface area contributed by atoms with Crippen LogP contribution < -0.4 is 10.2 Å². The summed E-state index contributed by atoms with van der Waals surface area (Å²) in [4.78, 5) is 25.7. The quantitative estimate of drug-likeness (QED) is 0.823. The van der Waals surface area contributed by atoms with Crippen LogP contribution in [0.15, 0.2) is 24.3 Å². The van der Waals surface area contributed by atoms with E-state index in [9.17, 15) is 9.59 Å². The lowest BCUT2D eigenvalue weighted by atomic mass is 9.99. The summed E-state index contributed by atoms with van der Waals surface area (Å²) in [5.41, 5.74) is 1.77. The Bertz CT molecular complexity index is 495. The average molecular weight is 244 g/mol. The van der Waals surface area contributed by atoms with Crippen molar-refractivity contribution in [1.29, 1.82) is 0 Å². The molecular formula is C14H16N2O2. The Morgan fingerprint density at radius 1 is 1.17 bits per heavy atom. The van der Waals surface area contributed by atoms with Crippen LogP contribution in [0.4, 0.5) is 10.5 Å². The van der Waals surface area contributed by atoms with Crippen LogP contribution >= 0.6 is 0 Å². The normalized spacial score (nSPS) is 27.1. The van der Waals surface area contributed by atoms with Gasteiger partial charge in [0.1, 0.15) is 0 Å². The molecule has 0 radical (unpaired) electrons. The van der Waals surface area contributed by atoms with Gasteiger partial charge in [0, 0.05) is 6.04 Å². The van der Waals surface area contributed by atoms with Gasteiger partial charge in [-0.3, -0.25) is 4.79 Å². The Morgan fingerprint density at radius 2 is 1.89 bits per heavy atom. The predicted molar refractivity (Wildman–Crippen MR) is 68.3 cm³/mol. The molecule has 1 aromatic rings. The number of amides is 3. The van der Waals surface area contributed by atoms with Gasteiger partial charge in [-0.25, -0.2) is 9.69 Å². The molecule has 1 aromatic carbocycles. The summed E-state index contributed by atoms with van der Waals surface area (Å²) in [6.07, 6.45) is 2.82. The number of urea groups is 1. The van der Waals surface area contributed by atoms with E-state index in [0.29, 0.717) is 5.69 Å². The van der Waals surface area contributed by atoms with Gasteiger partial charge in [0.05, 0.1) is 11.6 Å². The lowest BCUT2D eigenvalue weighted by Crippen LogP contribution is -2.58. The number of nitrogens with zero attached hydrogens (tertiary/aromatic N) is 1. The molecule has 3 amide bonds. The summed E-state index contributed by atoms with van der Waals surface area (Å²) in [6.45, 7) is 1.98. The van der Waals surface area contributed by atoms with Crippen LogP contribution in [0.2, 0.25) is 0 Å². The molecule has 2 fully saturated rings. The minimum Gasteiger partial charge on any atom is -0.334 e. The van der Waals surface area contributed by atoms with Gasteiger partial charge in [-0.2, -0.15) is 0 Å². The molecule has 2 unspecified atom stereocenters. The first-order valence-electron chi connectivity index (χ1n) is 6.38. The first-order chi connectivity index (χ1) is 8.66. The van der Waals surface area contributed by atoms with Gasteiger partial charge in [0.2, 0.25) is 5.91 Å². The standard InChI is InChI=1S/C14H16N2O2/c1-9-5-7-10(8-6-9)16-13(17)11-3-2-4-12(11)15-14(16)18/h5-8,11-12H,2-4H2,1H3,(H,15,18). The molecule has 1 aliphatic heterocycles. The first kappa shape index (κ1) is 11.3. The highest BCUT2D eigenvalue weighted by molar-refractivity contribution is 6.17. The lowest BCUT2D eigenvalue weighted by Gasteiger charge is -2.33. The van der Waals surface area contributed by atoms with E-state index in [1.54, 1.807) is 0 Å². The Kier molecular flexibility index (Phi) is 2.58. The Hall–Kier alpha value is -1.84. The van der Waals surface area contributed by atoms with Crippen molar-refractivity contribution >= 4 is 17.6 Å². The molecule has 4 nitrogen and oxygen atoms in total. The molecule has 1 saturated heterocycles. The molecule has 1 N–H and O–H groups in total. The fraction of sp³-hybridized carbons (Fsp3) is 0.429. The number of hydrogen-bond donors (Lipinski definition) is 1. The topological polar surface area (TPSA) is 49.4 Å². The van der Waals surface area contributed by atoms with Crippen LogP contribution in [0.3, 0.4) is 0 Å². The number of fused-ring (bicyclic) bond motifs is 1. The van der Waals surface area contributed by atoms with Crippen molar-refractivity contribution in [3.63, 3.8) is 0 Å². The highest BCUT2D eigenvalue weighted by Crippen LogP contribution is 2.32. The van der Waals surface area contributed by atoms with Gasteiger partial charge < -0.3 is 5.32 Å². The summed E-state index contributed by atoms with van der Waals surface area (Å²) in [7, 11) is 0. The predicted octanol–water partition coefficient (Wildman–Crippen LogP) is 2.22. The van der Waals surface area contributed by atoms with Gasteiger partial charge >= 0.3 is 6.03 Å². The summed E-state index contributed by atoms with van der Waals surface area (Å²) in [6, 6.07) is 7.23. The third-order valence-electron chi connectivity index (χ3n) is 3.86. The molecule has 2 aliphatic rings. The second-order valence-electron chi connectivity index (χ2n) is 5.10. The van der Waals surface area contributed by atoms with Crippen LogP contribution in [0.1, 0.15) is 24.8 Å². The van der Waals surface area contributed by atoms with Gasteiger partial charge in [0.15, 0.2) is 0 Å². The number of imide groups is 1. The highest BCUT2D eigenvalue weighted by atomic mass is 16.2. The molecule has 1 saturated carbocycles. The smallest absolute Gasteiger partial charge is 0.328 e. The zero-order chi connectivity index (χ0) is 12.7. The van der Waals surface area contributed by atoms with Crippen LogP contribution in [0, 0.1) is 12.8 Å². The molecule has 18 heavy (non-hydrogen) atoms. The van der Waals surface area contributed by atoms with Gasteiger partial charge in [-0.05, 0) is 31.9 Å². The van der Waals surface area contributed by atoms with Crippen molar-refractivity contribution < 1.29 is 9.59 Å². The monoisotopic (exact) mass is 244 g/mol. The van der Waals surface area contributed by atoms with Gasteiger partial charge in [-0.1, -0.05) is 24.1 Å². The van der Waals surface area contributed by atoms with E-state index in [0.717, 1.165) is 24.8 Å². The maximum absolute atomic E-state index is 12.4. The number of benzene rings is 1. The van der Waals surface area contributed by atoms with E-state index in [4.69, 9.17) is 0 Å². The molecule has 0 bridgehead atoms. The number of nitrogens with one attached hydrogen (secondary N) is 1. The van der Waals surface area contributed by atoms with E-state index in [2.05, 4.69) is 5.32 Å². The molecule has 2 atom stereocenters. The minimum atomic E-state index is -0.285. The molecule has 94 valence electrons. The fourth-order valence-electron chi connectivity index (χ4n) is 2.86. The Balaban J connectivity index is 1.93. The van der Waals surface area contributed by atoms with Crippen molar-refractivity contribution in [1.82, 2.24) is 5.32 Å². The van der Waals surface area contributed by atoms with E-state index in [1.807, 2.05) is 31.2 Å². The number of carbonyl (C=O) groups excluding carboxylic acids is 2. The van der Waals surface area contributed by atoms with Crippen molar-refractivity contribution in [3.8, 4) is 0 Å². The number of hydrogen-bond acceptors (Lipinski definition) is 2. The maximum atomic E-state index is 12.4. The molecule has 4 heteroatoms. The molecule has 0 spiro atoms. The van der Waals surface area contributed by atoms with Crippen LogP contribution in [0.5, 0.6) is 0 Å². The lowest BCUT2D eigenvalue weighted by molar-refractivity contribution is -0.122. The summed E-state index contributed by atoms with van der Waals surface area (Å²) in [5.74, 6) is -0.0888. The third kappa shape index (κ3) is 1.68. The number of rotatable bonds is 1. The van der Waals surface area contributed by atoms with E-state index in [1.165, 1.54) is 4.90 Å².